The molecule has 9 heavy (non-hydrogen) atoms. The third-order valence-corrected chi connectivity index (χ3v) is 0.824. The average molecular weight is 140 g/mol. The molecule has 0 aromatic heterocycles. The smallest absolute Gasteiger partial charge is 1.00 e. The summed E-state index contributed by atoms with van der Waals surface area (Å²) in [5.74, 6) is -1.60. The first kappa shape index (κ1) is 8.85. The molecule has 0 saturated heterocycles. The molecule has 1 aromatic rings. The maximum absolute atomic E-state index is 11.9. The maximum atomic E-state index is 11.9. The topological polar surface area (TPSA) is 0 Å². The minimum Gasteiger partial charge on any atom is -1.00 e. The molecule has 0 unspecified atom stereocenters. The Labute approximate surface area is 71.0 Å². The third-order valence-electron chi connectivity index (χ3n) is 0.824. The summed E-state index contributed by atoms with van der Waals surface area (Å²) in [6, 6.07) is 5.04. The molecule has 0 fully saturated rings. The third kappa shape index (κ3) is 2.28. The van der Waals surface area contributed by atoms with Gasteiger partial charge >= 0.3 is 23.1 Å². The molecular weight excluding hydrogens is 134 g/mol. The van der Waals surface area contributed by atoms with E-state index in [1.807, 2.05) is 0 Å². The summed E-state index contributed by atoms with van der Waals surface area (Å²) in [7, 11) is 0. The molecule has 0 aliphatic heterocycles. The van der Waals surface area contributed by atoms with Gasteiger partial charge in [-0.2, -0.15) is 0 Å². The minimum absolute atomic E-state index is 0. The van der Waals surface area contributed by atoms with Gasteiger partial charge in [-0.25, -0.2) is 8.78 Å². The van der Waals surface area contributed by atoms with Gasteiger partial charge in [0.2, 0.25) is 0 Å². The predicted octanol–water partition coefficient (Wildman–Crippen LogP) is 1.81. The van der Waals surface area contributed by atoms with E-state index < -0.39 is 11.6 Å². The fraction of sp³-hybridized carbons (Fsp3) is 0. The average Bonchev–Trinajstić information content (AvgIpc) is 1.77. The van der Waals surface area contributed by atoms with Gasteiger partial charge in [-0.3, -0.25) is 0 Å². The SMILES string of the molecule is Fc1ccccc1F.[H-].[H-].[Mg+2]. The van der Waals surface area contributed by atoms with Crippen molar-refractivity contribution < 1.29 is 11.6 Å². The summed E-state index contributed by atoms with van der Waals surface area (Å²) in [4.78, 5) is 0. The monoisotopic (exact) mass is 140 g/mol. The van der Waals surface area contributed by atoms with E-state index in [9.17, 15) is 8.78 Å². The molecule has 1 aromatic carbocycles. The first-order chi connectivity index (χ1) is 3.80. The second-order valence-corrected chi connectivity index (χ2v) is 1.41. The van der Waals surface area contributed by atoms with Gasteiger partial charge in [-0.1, -0.05) is 12.1 Å². The van der Waals surface area contributed by atoms with E-state index in [-0.39, 0.29) is 25.9 Å². The summed E-state index contributed by atoms with van der Waals surface area (Å²) in [5, 5.41) is 0. The fourth-order valence-corrected chi connectivity index (χ4v) is 0.439. The van der Waals surface area contributed by atoms with Crippen LogP contribution in [0, 0.1) is 11.6 Å². The Morgan fingerprint density at radius 3 is 1.56 bits per heavy atom. The summed E-state index contributed by atoms with van der Waals surface area (Å²) in [5.41, 5.74) is 0. The zero-order valence-corrected chi connectivity index (χ0v) is 6.19. The summed E-state index contributed by atoms with van der Waals surface area (Å²) < 4.78 is 23.9. The summed E-state index contributed by atoms with van der Waals surface area (Å²) in [6.45, 7) is 0. The first-order valence-electron chi connectivity index (χ1n) is 2.21. The maximum Gasteiger partial charge on any atom is 2.00 e. The Bertz CT molecular complexity index is 175. The molecule has 0 N–H and O–H groups in total. The van der Waals surface area contributed by atoms with Crippen LogP contribution in [-0.2, 0) is 0 Å². The van der Waals surface area contributed by atoms with Crippen LogP contribution in [0.25, 0.3) is 0 Å². The Morgan fingerprint density at radius 2 is 1.33 bits per heavy atom. The van der Waals surface area contributed by atoms with Gasteiger partial charge in [0.15, 0.2) is 11.6 Å². The molecule has 3 heteroatoms. The molecule has 0 amide bonds. The van der Waals surface area contributed by atoms with Crippen LogP contribution >= 0.6 is 0 Å². The molecule has 0 saturated carbocycles. The van der Waals surface area contributed by atoms with Crippen LogP contribution in [0.3, 0.4) is 0 Å². The van der Waals surface area contributed by atoms with Crippen molar-refractivity contribution in [1.29, 1.82) is 0 Å². The van der Waals surface area contributed by atoms with Crippen LogP contribution in [0.5, 0.6) is 0 Å². The van der Waals surface area contributed by atoms with Crippen molar-refractivity contribution in [2.75, 3.05) is 0 Å². The van der Waals surface area contributed by atoms with E-state index in [2.05, 4.69) is 0 Å². The molecular formula is C6H6F2Mg. The van der Waals surface area contributed by atoms with Crippen molar-refractivity contribution in [3.05, 3.63) is 35.9 Å². The van der Waals surface area contributed by atoms with Crippen molar-refractivity contribution in [3.63, 3.8) is 0 Å². The number of benzene rings is 1. The molecule has 0 radical (unpaired) electrons. The second-order valence-electron chi connectivity index (χ2n) is 1.41. The van der Waals surface area contributed by atoms with Crippen LogP contribution in [0.2, 0.25) is 0 Å². The predicted molar refractivity (Wildman–Crippen MR) is 34.3 cm³/mol. The van der Waals surface area contributed by atoms with Crippen LogP contribution in [0.1, 0.15) is 2.85 Å². The van der Waals surface area contributed by atoms with Gasteiger partial charge in [0.05, 0.1) is 0 Å². The van der Waals surface area contributed by atoms with Crippen molar-refractivity contribution >= 4 is 23.1 Å². The Morgan fingerprint density at radius 1 is 1.00 bits per heavy atom. The Balaban J connectivity index is -0.000000213. The molecule has 46 valence electrons. The van der Waals surface area contributed by atoms with Crippen LogP contribution in [-0.4, -0.2) is 23.1 Å². The molecule has 0 heterocycles. The molecule has 0 bridgehead atoms. The van der Waals surface area contributed by atoms with E-state index in [0.29, 0.717) is 0 Å². The van der Waals surface area contributed by atoms with Gasteiger partial charge in [0.1, 0.15) is 0 Å². The summed E-state index contributed by atoms with van der Waals surface area (Å²) in [6.07, 6.45) is 0. The zero-order valence-electron chi connectivity index (χ0n) is 6.77. The van der Waals surface area contributed by atoms with Gasteiger partial charge in [-0.05, 0) is 12.1 Å². The molecule has 1 rings (SSSR count). The first-order valence-corrected chi connectivity index (χ1v) is 2.21. The van der Waals surface area contributed by atoms with E-state index in [1.54, 1.807) is 0 Å². The van der Waals surface area contributed by atoms with E-state index in [4.69, 9.17) is 0 Å². The van der Waals surface area contributed by atoms with Crippen molar-refractivity contribution in [1.82, 2.24) is 0 Å². The summed E-state index contributed by atoms with van der Waals surface area (Å²) >= 11 is 0. The van der Waals surface area contributed by atoms with Crippen molar-refractivity contribution in [3.8, 4) is 0 Å². The van der Waals surface area contributed by atoms with E-state index >= 15 is 0 Å². The van der Waals surface area contributed by atoms with Crippen LogP contribution in [0.4, 0.5) is 8.78 Å². The zero-order chi connectivity index (χ0) is 5.98. The van der Waals surface area contributed by atoms with Gasteiger partial charge in [0.25, 0.3) is 0 Å². The number of halogens is 2. The Hall–Kier alpha value is -0.154. The van der Waals surface area contributed by atoms with Crippen LogP contribution < -0.4 is 0 Å². The minimum atomic E-state index is -0.799. The standard InChI is InChI=1S/C6H4F2.Mg.2H/c7-5-3-1-2-4-6(5)8;;;/h1-4H;;;/q;+2;2*-1. The number of hydrogen-bond donors (Lipinski definition) is 0. The van der Waals surface area contributed by atoms with Crippen molar-refractivity contribution in [2.45, 2.75) is 0 Å². The molecule has 0 spiro atoms. The second kappa shape index (κ2) is 3.79. The van der Waals surface area contributed by atoms with Crippen molar-refractivity contribution in [2.24, 2.45) is 0 Å². The van der Waals surface area contributed by atoms with Gasteiger partial charge in [-0.15, -0.1) is 0 Å². The molecule has 0 aliphatic rings. The molecule has 0 atom stereocenters. The largest absolute Gasteiger partial charge is 2.00 e. The molecule has 0 aliphatic carbocycles. The molecule has 0 nitrogen and oxygen atoms in total. The number of rotatable bonds is 0. The van der Waals surface area contributed by atoms with Gasteiger partial charge < -0.3 is 2.85 Å². The van der Waals surface area contributed by atoms with E-state index in [0.717, 1.165) is 12.1 Å². The fourth-order valence-electron chi connectivity index (χ4n) is 0.439. The Kier molecular flexibility index (Phi) is 3.73. The van der Waals surface area contributed by atoms with E-state index in [1.165, 1.54) is 12.1 Å². The van der Waals surface area contributed by atoms with Crippen LogP contribution in [0.15, 0.2) is 24.3 Å². The van der Waals surface area contributed by atoms with Gasteiger partial charge in [0, 0.05) is 0 Å². The quantitative estimate of drug-likeness (QED) is 0.482. The normalized spacial score (nSPS) is 8.22. The number of hydrogen-bond acceptors (Lipinski definition) is 0.